The van der Waals surface area contributed by atoms with Crippen molar-refractivity contribution < 1.29 is 34.1 Å². The fraction of sp³-hybridized carbons (Fsp3) is 0.568. The van der Waals surface area contributed by atoms with Gasteiger partial charge in [0.2, 0.25) is 0 Å². The number of ether oxygens (including phenoxy) is 1. The molecule has 0 unspecified atom stereocenters. The van der Waals surface area contributed by atoms with E-state index in [9.17, 15) is 29.4 Å². The number of rotatable bonds is 7. The molecule has 4 aliphatic rings. The molecule has 0 saturated carbocycles. The fourth-order valence-electron chi connectivity index (χ4n) is 8.13. The van der Waals surface area contributed by atoms with E-state index in [4.69, 9.17) is 4.74 Å². The predicted octanol–water partition coefficient (Wildman–Crippen LogP) is 4.54. The minimum atomic E-state index is -1.05. The summed E-state index contributed by atoms with van der Waals surface area (Å²) in [7, 11) is 0. The molecule has 49 heavy (non-hydrogen) atoms. The van der Waals surface area contributed by atoms with Crippen LogP contribution in [0.4, 0.5) is 15.3 Å². The molecular formula is C37H49N5O7. The minimum Gasteiger partial charge on any atom is -0.507 e. The summed E-state index contributed by atoms with van der Waals surface area (Å²) in [6, 6.07) is 10.9. The van der Waals surface area contributed by atoms with Crippen LogP contribution in [0.2, 0.25) is 0 Å². The fourth-order valence-corrected chi connectivity index (χ4v) is 8.13. The number of amides is 4. The molecule has 0 spiro atoms. The van der Waals surface area contributed by atoms with Crippen LogP contribution in [0, 0.1) is 13.8 Å². The number of hydrogen-bond acceptors (Lipinski definition) is 7. The number of para-hydroxylation sites is 1. The number of hydrogen-bond donors (Lipinski definition) is 3. The molecule has 12 nitrogen and oxygen atoms in total. The zero-order valence-electron chi connectivity index (χ0n) is 28.6. The lowest BCUT2D eigenvalue weighted by Crippen LogP contribution is -2.55. The number of carboxylic acids is 1. The summed E-state index contributed by atoms with van der Waals surface area (Å²) in [6.45, 7) is 6.70. The first-order valence-electron chi connectivity index (χ1n) is 17.8. The van der Waals surface area contributed by atoms with Gasteiger partial charge in [0.15, 0.2) is 6.10 Å². The van der Waals surface area contributed by atoms with E-state index in [1.807, 2.05) is 41.3 Å². The van der Waals surface area contributed by atoms with Crippen molar-refractivity contribution in [2.24, 2.45) is 0 Å². The number of benzene rings is 2. The Morgan fingerprint density at radius 1 is 0.878 bits per heavy atom. The van der Waals surface area contributed by atoms with Crippen LogP contribution in [-0.4, -0.2) is 117 Å². The second-order valence-corrected chi connectivity index (χ2v) is 14.0. The van der Waals surface area contributed by atoms with Gasteiger partial charge in [0.25, 0.3) is 5.91 Å². The summed E-state index contributed by atoms with van der Waals surface area (Å²) in [6.07, 6.45) is 4.39. The van der Waals surface area contributed by atoms with E-state index >= 15 is 0 Å². The van der Waals surface area contributed by atoms with Crippen LogP contribution in [0.25, 0.3) is 0 Å². The number of piperidine rings is 3. The molecule has 6 rings (SSSR count). The standard InChI is InChI=1S/C37H49N5O7/c1-24-21-26(22-25(2)33(24)43)23-32(34(44)39-16-11-28(12-17-39)41-15-6-5-9-31(41)35(45)46)49-37(48)40-18-13-29(14-19-40)42-20-10-27-7-3-4-8-30(27)38-36(42)47/h3-4,7-8,21-22,28-29,31-32,43H,5-6,9-20,23H2,1-2H3,(H,38,47)(H,45,46)/t31-,32+/m0/s1. The summed E-state index contributed by atoms with van der Waals surface area (Å²) < 4.78 is 6.03. The molecule has 2 aromatic rings. The third-order valence-corrected chi connectivity index (χ3v) is 10.9. The molecule has 4 heterocycles. The average molecular weight is 676 g/mol. The Kier molecular flexibility index (Phi) is 10.6. The van der Waals surface area contributed by atoms with Crippen LogP contribution in [-0.2, 0) is 27.2 Å². The van der Waals surface area contributed by atoms with Gasteiger partial charge in [-0.3, -0.25) is 14.5 Å². The van der Waals surface area contributed by atoms with Gasteiger partial charge >= 0.3 is 18.1 Å². The van der Waals surface area contributed by atoms with Gasteiger partial charge in [-0.2, -0.15) is 0 Å². The Bertz CT molecular complexity index is 1530. The minimum absolute atomic E-state index is 0.0133. The maximum atomic E-state index is 14.1. The van der Waals surface area contributed by atoms with Gasteiger partial charge in [0, 0.05) is 56.9 Å². The van der Waals surface area contributed by atoms with Crippen LogP contribution >= 0.6 is 0 Å². The van der Waals surface area contributed by atoms with Gasteiger partial charge in [-0.05, 0) is 93.7 Å². The van der Waals surface area contributed by atoms with Crippen molar-refractivity contribution in [3.8, 4) is 5.75 Å². The Balaban J connectivity index is 1.09. The summed E-state index contributed by atoms with van der Waals surface area (Å²) in [5.41, 5.74) is 4.11. The van der Waals surface area contributed by atoms with Crippen molar-refractivity contribution in [2.75, 3.05) is 44.6 Å². The molecule has 3 saturated heterocycles. The second-order valence-electron chi connectivity index (χ2n) is 14.0. The lowest BCUT2D eigenvalue weighted by atomic mass is 9.94. The number of aliphatic carboxylic acids is 1. The van der Waals surface area contributed by atoms with E-state index in [0.717, 1.165) is 42.6 Å². The smallest absolute Gasteiger partial charge is 0.410 e. The molecule has 4 aliphatic heterocycles. The number of phenols is 1. The Hall–Kier alpha value is -4.32. The van der Waals surface area contributed by atoms with Gasteiger partial charge in [0.1, 0.15) is 11.8 Å². The van der Waals surface area contributed by atoms with Gasteiger partial charge in [-0.15, -0.1) is 0 Å². The van der Waals surface area contributed by atoms with E-state index < -0.39 is 24.2 Å². The lowest BCUT2D eigenvalue weighted by molar-refractivity contribution is -0.148. The third-order valence-electron chi connectivity index (χ3n) is 10.9. The quantitative estimate of drug-likeness (QED) is 0.388. The SMILES string of the molecule is Cc1cc(C[C@@H](OC(=O)N2CCC(N3CCc4ccccc4NC3=O)CC2)C(=O)N2CCC(N3CCCC[C@H]3C(=O)O)CC2)cc(C)c1O. The lowest BCUT2D eigenvalue weighted by Gasteiger charge is -2.43. The van der Waals surface area contributed by atoms with Gasteiger partial charge in [0.05, 0.1) is 0 Å². The monoisotopic (exact) mass is 675 g/mol. The highest BCUT2D eigenvalue weighted by Crippen LogP contribution is 2.29. The van der Waals surface area contributed by atoms with E-state index in [0.29, 0.717) is 76.0 Å². The molecule has 0 aromatic heterocycles. The van der Waals surface area contributed by atoms with Crippen molar-refractivity contribution >= 4 is 29.7 Å². The number of nitrogens with one attached hydrogen (secondary N) is 1. The third kappa shape index (κ3) is 7.79. The molecule has 4 amide bonds. The van der Waals surface area contributed by atoms with Crippen molar-refractivity contribution in [3.63, 3.8) is 0 Å². The highest BCUT2D eigenvalue weighted by molar-refractivity contribution is 5.91. The summed E-state index contributed by atoms with van der Waals surface area (Å²) in [5.74, 6) is -0.846. The molecule has 3 fully saturated rings. The first kappa shape index (κ1) is 34.5. The van der Waals surface area contributed by atoms with Crippen molar-refractivity contribution in [3.05, 3.63) is 58.7 Å². The van der Waals surface area contributed by atoms with Gasteiger partial charge in [-0.1, -0.05) is 36.8 Å². The van der Waals surface area contributed by atoms with E-state index in [1.54, 1.807) is 23.6 Å². The first-order chi connectivity index (χ1) is 23.6. The molecule has 0 radical (unpaired) electrons. The van der Waals surface area contributed by atoms with E-state index in [2.05, 4.69) is 10.2 Å². The van der Waals surface area contributed by atoms with Gasteiger partial charge in [-0.25, -0.2) is 9.59 Å². The van der Waals surface area contributed by atoms with Crippen molar-refractivity contribution in [2.45, 2.75) is 95.9 Å². The highest BCUT2D eigenvalue weighted by atomic mass is 16.6. The molecule has 12 heteroatoms. The Morgan fingerprint density at radius 3 is 2.22 bits per heavy atom. The summed E-state index contributed by atoms with van der Waals surface area (Å²) in [5, 5.41) is 23.2. The summed E-state index contributed by atoms with van der Waals surface area (Å²) in [4.78, 5) is 60.0. The number of carboxylic acid groups (broad SMARTS) is 1. The van der Waals surface area contributed by atoms with Crippen molar-refractivity contribution in [1.82, 2.24) is 19.6 Å². The van der Waals surface area contributed by atoms with Crippen LogP contribution in [0.15, 0.2) is 36.4 Å². The largest absolute Gasteiger partial charge is 0.507 e. The van der Waals surface area contributed by atoms with Gasteiger partial charge < -0.3 is 35.0 Å². The predicted molar refractivity (Wildman–Crippen MR) is 184 cm³/mol. The average Bonchev–Trinajstić information content (AvgIpc) is 3.28. The topological polar surface area (TPSA) is 143 Å². The van der Waals surface area contributed by atoms with Crippen LogP contribution < -0.4 is 5.32 Å². The van der Waals surface area contributed by atoms with Crippen molar-refractivity contribution in [1.29, 1.82) is 0 Å². The number of phenolic OH excluding ortho intramolecular Hbond substituents is 1. The number of anilines is 1. The number of carbonyl (C=O) groups is 4. The molecular weight excluding hydrogens is 626 g/mol. The zero-order valence-corrected chi connectivity index (χ0v) is 28.6. The maximum Gasteiger partial charge on any atom is 0.410 e. The van der Waals surface area contributed by atoms with E-state index in [-0.39, 0.29) is 36.2 Å². The Morgan fingerprint density at radius 2 is 1.53 bits per heavy atom. The van der Waals surface area contributed by atoms with Crippen LogP contribution in [0.1, 0.15) is 67.2 Å². The molecule has 0 aliphatic carbocycles. The normalized spacial score (nSPS) is 21.8. The molecule has 0 bridgehead atoms. The maximum absolute atomic E-state index is 14.1. The summed E-state index contributed by atoms with van der Waals surface area (Å²) >= 11 is 0. The van der Waals surface area contributed by atoms with E-state index in [1.165, 1.54) is 0 Å². The van der Waals surface area contributed by atoms with Crippen LogP contribution in [0.3, 0.4) is 0 Å². The number of carbonyl (C=O) groups excluding carboxylic acids is 3. The Labute approximate surface area is 288 Å². The first-order valence-corrected chi connectivity index (χ1v) is 17.8. The van der Waals surface area contributed by atoms with Crippen LogP contribution in [0.5, 0.6) is 5.75 Å². The number of urea groups is 1. The number of fused-ring (bicyclic) bond motifs is 1. The molecule has 2 atom stereocenters. The second kappa shape index (κ2) is 15.1. The number of likely N-dealkylation sites (tertiary alicyclic amines) is 3. The molecule has 3 N–H and O–H groups in total. The number of aryl methyl sites for hydroxylation is 2. The zero-order chi connectivity index (χ0) is 34.7. The highest BCUT2D eigenvalue weighted by Gasteiger charge is 2.39. The number of nitrogens with zero attached hydrogens (tertiary/aromatic N) is 4. The molecule has 2 aromatic carbocycles. The molecule has 264 valence electrons. The number of aromatic hydroxyl groups is 1.